The number of esters is 1. The van der Waals surface area contributed by atoms with Gasteiger partial charge in [-0.2, -0.15) is 74.6 Å². The van der Waals surface area contributed by atoms with Gasteiger partial charge >= 0.3 is 54.3 Å². The van der Waals surface area contributed by atoms with Crippen LogP contribution in [0.2, 0.25) is 0 Å². The zero-order valence-corrected chi connectivity index (χ0v) is 16.7. The Bertz CT molecular complexity index is 939. The van der Waals surface area contributed by atoms with Gasteiger partial charge in [-0.05, 0) is 5.56 Å². The van der Waals surface area contributed by atoms with E-state index in [4.69, 9.17) is 0 Å². The Kier molecular flexibility index (Phi) is 8.44. The van der Waals surface area contributed by atoms with Gasteiger partial charge in [-0.25, -0.2) is 4.79 Å². The molecular weight excluding hydrogens is 579 g/mol. The quantitative estimate of drug-likeness (QED) is 0.242. The number of halogens is 17. The van der Waals surface area contributed by atoms with Crippen LogP contribution in [0.4, 0.5) is 74.6 Å². The van der Waals surface area contributed by atoms with Gasteiger partial charge in [0.2, 0.25) is 0 Å². The number of hydrogen-bond donors (Lipinski definition) is 0. The lowest BCUT2D eigenvalue weighted by atomic mass is 10.2. The molecule has 0 amide bonds. The van der Waals surface area contributed by atoms with E-state index in [0.29, 0.717) is 0 Å². The van der Waals surface area contributed by atoms with Gasteiger partial charge in [0.25, 0.3) is 0 Å². The summed E-state index contributed by atoms with van der Waals surface area (Å²) in [6.07, 6.45) is -38.6. The first kappa shape index (κ1) is 32.4. The molecule has 0 bridgehead atoms. The summed E-state index contributed by atoms with van der Waals surface area (Å²) in [4.78, 5) is 11.5. The average Bonchev–Trinajstić information content (AvgIpc) is 2.69. The van der Waals surface area contributed by atoms with Crippen LogP contribution in [0.1, 0.15) is 5.56 Å². The first-order valence-electron chi connectivity index (χ1n) is 8.49. The standard InChI is InChI=1S/C16H7F17O4/c17-9(12(21,22)23,8(34)35-6-7-4-2-1-3-5-7)36-16(32,33)11(20,14(27,28)29)37-15(30,31)10(18,19)13(24,25)26/h1-5H,6H2/t9-,11+/m1/s1. The number of rotatable bonds is 9. The van der Waals surface area contributed by atoms with Crippen LogP contribution in [0.15, 0.2) is 30.3 Å². The highest BCUT2D eigenvalue weighted by Gasteiger charge is 2.85. The molecular formula is C16H7F17O4. The number of hydrogen-bond acceptors (Lipinski definition) is 4. The van der Waals surface area contributed by atoms with Crippen LogP contribution < -0.4 is 0 Å². The largest absolute Gasteiger partial charge is 0.462 e. The topological polar surface area (TPSA) is 44.8 Å². The molecule has 0 saturated heterocycles. The van der Waals surface area contributed by atoms with Gasteiger partial charge in [0.15, 0.2) is 0 Å². The van der Waals surface area contributed by atoms with E-state index < -0.39 is 61.0 Å². The van der Waals surface area contributed by atoms with Crippen molar-refractivity contribution in [3.05, 3.63) is 35.9 Å². The number of carbonyl (C=O) groups is 1. The van der Waals surface area contributed by atoms with Crippen molar-refractivity contribution in [1.82, 2.24) is 0 Å². The zero-order chi connectivity index (χ0) is 29.5. The van der Waals surface area contributed by atoms with E-state index in [-0.39, 0.29) is 5.56 Å². The minimum atomic E-state index is -8.07. The molecule has 2 atom stereocenters. The zero-order valence-electron chi connectivity index (χ0n) is 16.7. The highest BCUT2D eigenvalue weighted by molar-refractivity contribution is 5.78. The molecule has 0 unspecified atom stereocenters. The second kappa shape index (κ2) is 9.62. The summed E-state index contributed by atoms with van der Waals surface area (Å²) in [5, 5.41) is 0. The van der Waals surface area contributed by atoms with Crippen LogP contribution in [0.25, 0.3) is 0 Å². The molecule has 0 heterocycles. The van der Waals surface area contributed by atoms with E-state index in [2.05, 4.69) is 4.74 Å². The van der Waals surface area contributed by atoms with Crippen LogP contribution in [0.5, 0.6) is 0 Å². The fourth-order valence-electron chi connectivity index (χ4n) is 1.96. The highest BCUT2D eigenvalue weighted by atomic mass is 19.4. The lowest BCUT2D eigenvalue weighted by Crippen LogP contribution is -2.68. The van der Waals surface area contributed by atoms with Crippen LogP contribution >= 0.6 is 0 Å². The monoisotopic (exact) mass is 586 g/mol. The smallest absolute Gasteiger partial charge is 0.456 e. The summed E-state index contributed by atoms with van der Waals surface area (Å²) in [5.41, 5.74) is -0.320. The number of alkyl halides is 17. The van der Waals surface area contributed by atoms with E-state index in [1.807, 2.05) is 4.74 Å². The molecule has 4 nitrogen and oxygen atoms in total. The first-order valence-corrected chi connectivity index (χ1v) is 8.49. The Morgan fingerprint density at radius 3 is 1.43 bits per heavy atom. The Hall–Kier alpha value is -2.58. The van der Waals surface area contributed by atoms with E-state index in [1.165, 1.54) is 10.8 Å². The molecule has 37 heavy (non-hydrogen) atoms. The minimum absolute atomic E-state index is 0.320. The highest BCUT2D eigenvalue weighted by Crippen LogP contribution is 2.56. The van der Waals surface area contributed by atoms with E-state index in [1.54, 1.807) is 0 Å². The molecule has 0 radical (unpaired) electrons. The predicted octanol–water partition coefficient (Wildman–Crippen LogP) is 6.60. The molecule has 0 aliphatic carbocycles. The molecule has 1 aromatic carbocycles. The Labute approximate surface area is 191 Å². The van der Waals surface area contributed by atoms with Crippen LogP contribution in [-0.2, 0) is 25.6 Å². The van der Waals surface area contributed by atoms with Crippen LogP contribution in [-0.4, -0.2) is 54.3 Å². The normalized spacial score (nSPS) is 17.6. The van der Waals surface area contributed by atoms with Crippen LogP contribution in [0, 0.1) is 0 Å². The predicted molar refractivity (Wildman–Crippen MR) is 79.1 cm³/mol. The summed E-state index contributed by atoms with van der Waals surface area (Å²) in [7, 11) is 0. The summed E-state index contributed by atoms with van der Waals surface area (Å²) in [6, 6.07) is 5.40. The summed E-state index contributed by atoms with van der Waals surface area (Å²) in [6.45, 7) is -1.44. The van der Waals surface area contributed by atoms with Crippen molar-refractivity contribution >= 4 is 5.97 Å². The van der Waals surface area contributed by atoms with Crippen molar-refractivity contribution in [2.24, 2.45) is 0 Å². The third kappa shape index (κ3) is 6.12. The average molecular weight is 586 g/mol. The third-order valence-electron chi connectivity index (χ3n) is 3.84. The second-order valence-electron chi connectivity index (χ2n) is 6.56. The molecule has 214 valence electrons. The molecule has 0 aliphatic rings. The maximum absolute atomic E-state index is 14.3. The van der Waals surface area contributed by atoms with E-state index >= 15 is 0 Å². The Morgan fingerprint density at radius 2 is 1.05 bits per heavy atom. The fraction of sp³-hybridized carbons (Fsp3) is 0.562. The van der Waals surface area contributed by atoms with E-state index in [9.17, 15) is 79.4 Å². The van der Waals surface area contributed by atoms with Crippen molar-refractivity contribution in [3.63, 3.8) is 0 Å². The molecule has 0 N–H and O–H groups in total. The number of carbonyl (C=O) groups excluding carboxylic acids is 1. The van der Waals surface area contributed by atoms with Gasteiger partial charge in [-0.15, -0.1) is 0 Å². The molecule has 0 fully saturated rings. The SMILES string of the molecule is O=C(OCc1ccccc1)[C@@](F)(OC(F)(F)[C@@](F)(OC(F)(F)C(F)(F)C(F)(F)F)C(F)(F)F)C(F)(F)F. The lowest BCUT2D eigenvalue weighted by Gasteiger charge is -2.39. The van der Waals surface area contributed by atoms with Gasteiger partial charge in [0.05, 0.1) is 0 Å². The van der Waals surface area contributed by atoms with Gasteiger partial charge < -0.3 is 4.74 Å². The van der Waals surface area contributed by atoms with Gasteiger partial charge in [-0.3, -0.25) is 9.47 Å². The second-order valence-corrected chi connectivity index (χ2v) is 6.56. The first-order chi connectivity index (χ1) is 16.2. The Balaban J connectivity index is 3.52. The molecule has 0 saturated carbocycles. The molecule has 0 aromatic heterocycles. The summed E-state index contributed by atoms with van der Waals surface area (Å²) >= 11 is 0. The maximum Gasteiger partial charge on any atom is 0.462 e. The summed E-state index contributed by atoms with van der Waals surface area (Å²) < 4.78 is 228. The maximum atomic E-state index is 14.3. The van der Waals surface area contributed by atoms with E-state index in [0.717, 1.165) is 24.3 Å². The molecule has 0 aliphatic heterocycles. The minimum Gasteiger partial charge on any atom is -0.456 e. The van der Waals surface area contributed by atoms with Crippen molar-refractivity contribution in [3.8, 4) is 0 Å². The molecule has 21 heteroatoms. The van der Waals surface area contributed by atoms with Crippen molar-refractivity contribution in [1.29, 1.82) is 0 Å². The van der Waals surface area contributed by atoms with Crippen molar-refractivity contribution in [2.75, 3.05) is 0 Å². The fourth-order valence-corrected chi connectivity index (χ4v) is 1.96. The molecule has 0 spiro atoms. The van der Waals surface area contributed by atoms with Gasteiger partial charge in [-0.1, -0.05) is 30.3 Å². The molecule has 1 aromatic rings. The lowest BCUT2D eigenvalue weighted by molar-refractivity contribution is -0.548. The summed E-state index contributed by atoms with van der Waals surface area (Å²) in [5.74, 6) is -26.5. The van der Waals surface area contributed by atoms with Gasteiger partial charge in [0, 0.05) is 0 Å². The van der Waals surface area contributed by atoms with Crippen molar-refractivity contribution < 1.29 is 93.6 Å². The van der Waals surface area contributed by atoms with Crippen LogP contribution in [0.3, 0.4) is 0 Å². The van der Waals surface area contributed by atoms with Crippen molar-refractivity contribution in [2.45, 2.75) is 55.0 Å². The number of benzene rings is 1. The number of ether oxygens (including phenoxy) is 3. The third-order valence-corrected chi connectivity index (χ3v) is 3.84. The molecule has 1 rings (SSSR count). The Morgan fingerprint density at radius 1 is 0.595 bits per heavy atom. The van der Waals surface area contributed by atoms with Gasteiger partial charge in [0.1, 0.15) is 6.61 Å².